The Kier molecular flexibility index (Phi) is 8.90. The molecule has 3 aromatic heterocycles. The maximum Gasteiger partial charge on any atom is 0.341 e. The number of anilines is 1. The number of hydrogen-bond donors (Lipinski definition) is 1. The number of aryl methyl sites for hydroxylation is 1. The standard InChI is InChI=1S/C26H34N4O3S3/c1-15(2)20-12-17(13-34-20)23-28-29-26(30(23)16(3)4)35-14-21(31)27-24-22(25(32)33-5)18-10-8-6-7-9-11-19(18)36-24/h12-13,15-16H,6-11,14H2,1-5H3,(H,27,31). The van der Waals surface area contributed by atoms with Crippen LogP contribution in [0.15, 0.2) is 16.6 Å². The zero-order chi connectivity index (χ0) is 25.8. The van der Waals surface area contributed by atoms with Crippen LogP contribution in [0, 0.1) is 0 Å². The molecular weight excluding hydrogens is 513 g/mol. The van der Waals surface area contributed by atoms with E-state index in [1.165, 1.54) is 46.4 Å². The first-order valence-corrected chi connectivity index (χ1v) is 15.2. The van der Waals surface area contributed by atoms with Crippen LogP contribution in [-0.4, -0.2) is 39.5 Å². The molecule has 10 heteroatoms. The van der Waals surface area contributed by atoms with E-state index in [9.17, 15) is 9.59 Å². The predicted octanol–water partition coefficient (Wildman–Crippen LogP) is 6.95. The smallest absolute Gasteiger partial charge is 0.341 e. The number of fused-ring (bicyclic) bond motifs is 1. The molecule has 1 aliphatic carbocycles. The Morgan fingerprint density at radius 3 is 2.56 bits per heavy atom. The van der Waals surface area contributed by atoms with Crippen LogP contribution in [0.4, 0.5) is 5.00 Å². The molecule has 0 radical (unpaired) electrons. The molecule has 0 unspecified atom stereocenters. The zero-order valence-electron chi connectivity index (χ0n) is 21.6. The molecule has 3 aromatic rings. The lowest BCUT2D eigenvalue weighted by Gasteiger charge is -2.13. The highest BCUT2D eigenvalue weighted by Gasteiger charge is 2.26. The van der Waals surface area contributed by atoms with Gasteiger partial charge in [0.1, 0.15) is 5.00 Å². The fourth-order valence-electron chi connectivity index (χ4n) is 4.43. The van der Waals surface area contributed by atoms with Crippen molar-refractivity contribution in [1.82, 2.24) is 14.8 Å². The van der Waals surface area contributed by atoms with Gasteiger partial charge in [-0.2, -0.15) is 0 Å². The van der Waals surface area contributed by atoms with Crippen LogP contribution in [0.2, 0.25) is 0 Å². The lowest BCUT2D eigenvalue weighted by atomic mass is 9.96. The summed E-state index contributed by atoms with van der Waals surface area (Å²) in [5.41, 5.74) is 2.64. The van der Waals surface area contributed by atoms with Gasteiger partial charge in [0.25, 0.3) is 0 Å². The lowest BCUT2D eigenvalue weighted by molar-refractivity contribution is -0.113. The minimum atomic E-state index is -0.378. The second-order valence-electron chi connectivity index (χ2n) is 9.61. The molecule has 0 bridgehead atoms. The summed E-state index contributed by atoms with van der Waals surface area (Å²) in [6.45, 7) is 8.55. The highest BCUT2D eigenvalue weighted by atomic mass is 32.2. The minimum Gasteiger partial charge on any atom is -0.465 e. The summed E-state index contributed by atoms with van der Waals surface area (Å²) < 4.78 is 7.16. The molecule has 0 spiro atoms. The van der Waals surface area contributed by atoms with E-state index in [-0.39, 0.29) is 23.7 Å². The van der Waals surface area contributed by atoms with Gasteiger partial charge in [-0.3, -0.25) is 9.36 Å². The number of amides is 1. The van der Waals surface area contributed by atoms with Crippen LogP contribution in [-0.2, 0) is 22.4 Å². The maximum atomic E-state index is 13.0. The molecule has 0 saturated heterocycles. The normalized spacial score (nSPS) is 14.0. The Morgan fingerprint density at radius 2 is 1.89 bits per heavy atom. The summed E-state index contributed by atoms with van der Waals surface area (Å²) in [6, 6.07) is 2.32. The van der Waals surface area contributed by atoms with Gasteiger partial charge >= 0.3 is 5.97 Å². The number of ether oxygens (including phenoxy) is 1. The third kappa shape index (κ3) is 5.86. The number of esters is 1. The molecule has 36 heavy (non-hydrogen) atoms. The number of hydrogen-bond acceptors (Lipinski definition) is 8. The van der Waals surface area contributed by atoms with Gasteiger partial charge in [0.2, 0.25) is 5.91 Å². The van der Waals surface area contributed by atoms with Crippen LogP contribution in [0.3, 0.4) is 0 Å². The minimum absolute atomic E-state index is 0.144. The van der Waals surface area contributed by atoms with Gasteiger partial charge in [0.05, 0.1) is 18.4 Å². The van der Waals surface area contributed by atoms with Gasteiger partial charge in [-0.1, -0.05) is 38.5 Å². The molecule has 1 amide bonds. The maximum absolute atomic E-state index is 13.0. The summed E-state index contributed by atoms with van der Waals surface area (Å²) in [7, 11) is 1.39. The van der Waals surface area contributed by atoms with Crippen LogP contribution < -0.4 is 5.32 Å². The number of carbonyl (C=O) groups is 2. The molecule has 1 N–H and O–H groups in total. The number of nitrogens with one attached hydrogen (secondary N) is 1. The van der Waals surface area contributed by atoms with Gasteiger partial charge < -0.3 is 10.1 Å². The van der Waals surface area contributed by atoms with Crippen molar-refractivity contribution >= 4 is 51.3 Å². The van der Waals surface area contributed by atoms with Crippen LogP contribution in [0.5, 0.6) is 0 Å². The van der Waals surface area contributed by atoms with Crippen molar-refractivity contribution in [3.63, 3.8) is 0 Å². The number of rotatable bonds is 8. The third-order valence-electron chi connectivity index (χ3n) is 6.27. The van der Waals surface area contributed by atoms with Crippen molar-refractivity contribution < 1.29 is 14.3 Å². The van der Waals surface area contributed by atoms with E-state index >= 15 is 0 Å². The molecule has 4 rings (SSSR count). The van der Waals surface area contributed by atoms with Crippen molar-refractivity contribution in [2.24, 2.45) is 0 Å². The fraction of sp³-hybridized carbons (Fsp3) is 0.538. The SMILES string of the molecule is COC(=O)c1c(NC(=O)CSc2nnc(-c3csc(C(C)C)c3)n2C(C)C)sc2c1CCCCCC2. The van der Waals surface area contributed by atoms with E-state index < -0.39 is 0 Å². The lowest BCUT2D eigenvalue weighted by Crippen LogP contribution is -2.17. The first kappa shape index (κ1) is 26.9. The largest absolute Gasteiger partial charge is 0.465 e. The Hall–Kier alpha value is -2.17. The average Bonchev–Trinajstić information content (AvgIpc) is 3.54. The summed E-state index contributed by atoms with van der Waals surface area (Å²) in [5.74, 6) is 0.911. The highest BCUT2D eigenvalue weighted by molar-refractivity contribution is 7.99. The van der Waals surface area contributed by atoms with E-state index in [1.54, 1.807) is 11.3 Å². The van der Waals surface area contributed by atoms with Crippen molar-refractivity contribution in [3.05, 3.63) is 32.3 Å². The van der Waals surface area contributed by atoms with Crippen LogP contribution >= 0.6 is 34.4 Å². The Balaban J connectivity index is 1.51. The van der Waals surface area contributed by atoms with Gasteiger partial charge in [0.15, 0.2) is 11.0 Å². The molecule has 0 aliphatic heterocycles. The van der Waals surface area contributed by atoms with E-state index in [4.69, 9.17) is 4.74 Å². The molecular formula is C26H34N4O3S3. The quantitative estimate of drug-likeness (QED) is 0.243. The monoisotopic (exact) mass is 546 g/mol. The fourth-order valence-corrected chi connectivity index (χ4v) is 7.49. The summed E-state index contributed by atoms with van der Waals surface area (Å²) in [5, 5.41) is 15.3. The first-order valence-electron chi connectivity index (χ1n) is 12.5. The Morgan fingerprint density at radius 1 is 1.14 bits per heavy atom. The van der Waals surface area contributed by atoms with E-state index in [0.717, 1.165) is 49.1 Å². The molecule has 194 valence electrons. The topological polar surface area (TPSA) is 86.1 Å². The summed E-state index contributed by atoms with van der Waals surface area (Å²) in [6.07, 6.45) is 6.31. The highest BCUT2D eigenvalue weighted by Crippen LogP contribution is 2.38. The van der Waals surface area contributed by atoms with E-state index in [2.05, 4.69) is 59.2 Å². The number of thioether (sulfide) groups is 1. The number of methoxy groups -OCH3 is 1. The molecule has 0 aromatic carbocycles. The summed E-state index contributed by atoms with van der Waals surface area (Å²) in [4.78, 5) is 28.1. The molecule has 3 heterocycles. The number of carbonyl (C=O) groups excluding carboxylic acids is 2. The molecule has 0 atom stereocenters. The van der Waals surface area contributed by atoms with E-state index in [0.29, 0.717) is 21.6 Å². The van der Waals surface area contributed by atoms with Crippen molar-refractivity contribution in [2.45, 2.75) is 83.3 Å². The molecule has 0 fully saturated rings. The Labute approximate surface area is 225 Å². The molecule has 1 aliphatic rings. The second-order valence-corrected chi connectivity index (χ2v) is 12.6. The van der Waals surface area contributed by atoms with Crippen molar-refractivity contribution in [2.75, 3.05) is 18.2 Å². The third-order valence-corrected chi connectivity index (χ3v) is 9.66. The van der Waals surface area contributed by atoms with E-state index in [1.807, 2.05) is 0 Å². The first-order chi connectivity index (χ1) is 17.3. The van der Waals surface area contributed by atoms with Crippen LogP contribution in [0.1, 0.15) is 91.0 Å². The zero-order valence-corrected chi connectivity index (χ0v) is 24.0. The van der Waals surface area contributed by atoms with Gasteiger partial charge in [-0.25, -0.2) is 4.79 Å². The van der Waals surface area contributed by atoms with Gasteiger partial charge in [0, 0.05) is 26.7 Å². The van der Waals surface area contributed by atoms with Gasteiger partial charge in [-0.15, -0.1) is 32.9 Å². The molecule has 7 nitrogen and oxygen atoms in total. The second kappa shape index (κ2) is 11.9. The van der Waals surface area contributed by atoms with Crippen LogP contribution in [0.25, 0.3) is 11.4 Å². The van der Waals surface area contributed by atoms with Gasteiger partial charge in [-0.05, 0) is 57.1 Å². The molecule has 0 saturated carbocycles. The van der Waals surface area contributed by atoms with Crippen molar-refractivity contribution in [3.8, 4) is 11.4 Å². The number of aromatic nitrogens is 3. The summed E-state index contributed by atoms with van der Waals surface area (Å²) >= 11 is 4.61. The predicted molar refractivity (Wildman–Crippen MR) is 149 cm³/mol. The average molecular weight is 547 g/mol. The number of thiophene rings is 2. The Bertz CT molecular complexity index is 1230. The number of nitrogens with zero attached hydrogens (tertiary/aromatic N) is 3. The van der Waals surface area contributed by atoms with Crippen molar-refractivity contribution in [1.29, 1.82) is 0 Å².